The summed E-state index contributed by atoms with van der Waals surface area (Å²) in [6.07, 6.45) is 4.95. The summed E-state index contributed by atoms with van der Waals surface area (Å²) in [5.74, 6) is 0. The van der Waals surface area contributed by atoms with E-state index in [2.05, 4.69) is 37.5 Å². The Hall–Kier alpha value is 0.170. The molecule has 0 rings (SSSR count). The van der Waals surface area contributed by atoms with Crippen molar-refractivity contribution in [2.75, 3.05) is 52.5 Å². The first-order chi connectivity index (χ1) is 9.28. The smallest absolute Gasteiger partial charge is 0.0594 e. The highest BCUT2D eigenvalue weighted by Crippen LogP contribution is 1.96. The van der Waals surface area contributed by atoms with Gasteiger partial charge in [0.25, 0.3) is 0 Å². The van der Waals surface area contributed by atoms with Gasteiger partial charge in [0.2, 0.25) is 0 Å². The van der Waals surface area contributed by atoms with E-state index in [4.69, 9.17) is 4.74 Å². The van der Waals surface area contributed by atoms with Crippen LogP contribution in [-0.4, -0.2) is 62.3 Å². The summed E-state index contributed by atoms with van der Waals surface area (Å²) in [5, 5.41) is 0. The summed E-state index contributed by atoms with van der Waals surface area (Å²) in [6, 6.07) is 0. The minimum atomic E-state index is 0. The van der Waals surface area contributed by atoms with Crippen LogP contribution >= 0.6 is 12.4 Å². The monoisotopic (exact) mass is 308 g/mol. The molecule has 4 heteroatoms. The summed E-state index contributed by atoms with van der Waals surface area (Å²) in [5.41, 5.74) is 0. The lowest BCUT2D eigenvalue weighted by atomic mass is 10.3. The quantitative estimate of drug-likeness (QED) is 0.455. The Bertz CT molecular complexity index is 152. The van der Waals surface area contributed by atoms with Gasteiger partial charge in [0.05, 0.1) is 13.2 Å². The number of hydrogen-bond donors (Lipinski definition) is 0. The number of nitrogens with zero attached hydrogens (tertiary/aromatic N) is 2. The van der Waals surface area contributed by atoms with Crippen molar-refractivity contribution >= 4 is 12.4 Å². The normalized spacial score (nSPS) is 11.1. The van der Waals surface area contributed by atoms with Crippen molar-refractivity contribution in [3.8, 4) is 0 Å². The molecule has 0 unspecified atom stereocenters. The highest BCUT2D eigenvalue weighted by molar-refractivity contribution is 5.85. The second-order valence-corrected chi connectivity index (χ2v) is 5.30. The number of ether oxygens (including phenoxy) is 1. The lowest BCUT2D eigenvalue weighted by molar-refractivity contribution is 0.0827. The van der Waals surface area contributed by atoms with Gasteiger partial charge in [-0.25, -0.2) is 0 Å². The van der Waals surface area contributed by atoms with Gasteiger partial charge in [-0.05, 0) is 51.9 Å². The van der Waals surface area contributed by atoms with E-state index in [0.29, 0.717) is 0 Å². The number of hydrogen-bond acceptors (Lipinski definition) is 3. The zero-order valence-electron chi connectivity index (χ0n) is 14.2. The van der Waals surface area contributed by atoms with Gasteiger partial charge >= 0.3 is 0 Å². The Morgan fingerprint density at radius 2 is 0.850 bits per heavy atom. The van der Waals surface area contributed by atoms with Crippen molar-refractivity contribution in [2.45, 2.75) is 53.4 Å². The van der Waals surface area contributed by atoms with Crippen LogP contribution in [0, 0.1) is 0 Å². The molecular weight excluding hydrogens is 272 g/mol. The van der Waals surface area contributed by atoms with Crippen molar-refractivity contribution in [3.05, 3.63) is 0 Å². The Morgan fingerprint density at radius 1 is 0.550 bits per heavy atom. The zero-order valence-corrected chi connectivity index (χ0v) is 15.0. The van der Waals surface area contributed by atoms with E-state index in [1.54, 1.807) is 0 Å². The molecule has 0 aliphatic rings. The van der Waals surface area contributed by atoms with Gasteiger partial charge in [-0.15, -0.1) is 12.4 Å². The van der Waals surface area contributed by atoms with Gasteiger partial charge < -0.3 is 14.5 Å². The second kappa shape index (κ2) is 17.2. The Kier molecular flexibility index (Phi) is 19.3. The average molecular weight is 309 g/mol. The fraction of sp³-hybridized carbons (Fsp3) is 1.00. The number of halogens is 1. The summed E-state index contributed by atoms with van der Waals surface area (Å²) in [4.78, 5) is 5.02. The molecule has 0 aliphatic carbocycles. The van der Waals surface area contributed by atoms with E-state index >= 15 is 0 Å². The first-order valence-electron chi connectivity index (χ1n) is 8.30. The lowest BCUT2D eigenvalue weighted by Crippen LogP contribution is -2.32. The molecule has 0 heterocycles. The lowest BCUT2D eigenvalue weighted by Gasteiger charge is -2.22. The van der Waals surface area contributed by atoms with Crippen molar-refractivity contribution in [1.29, 1.82) is 0 Å². The van der Waals surface area contributed by atoms with Crippen LogP contribution in [-0.2, 0) is 4.74 Å². The fourth-order valence-corrected chi connectivity index (χ4v) is 2.43. The van der Waals surface area contributed by atoms with E-state index in [1.807, 2.05) is 0 Å². The third-order valence-electron chi connectivity index (χ3n) is 3.26. The maximum absolute atomic E-state index is 5.80. The maximum atomic E-state index is 5.80. The van der Waals surface area contributed by atoms with Crippen molar-refractivity contribution in [1.82, 2.24) is 9.80 Å². The molecule has 124 valence electrons. The van der Waals surface area contributed by atoms with Gasteiger partial charge in [0.15, 0.2) is 0 Å². The molecule has 0 amide bonds. The zero-order chi connectivity index (χ0) is 14.3. The molecule has 0 N–H and O–H groups in total. The van der Waals surface area contributed by atoms with E-state index < -0.39 is 0 Å². The molecule has 20 heavy (non-hydrogen) atoms. The van der Waals surface area contributed by atoms with Gasteiger partial charge in [-0.1, -0.05) is 27.7 Å². The molecule has 0 aromatic heterocycles. The largest absolute Gasteiger partial charge is 0.379 e. The first kappa shape index (κ1) is 22.5. The molecule has 0 atom stereocenters. The summed E-state index contributed by atoms with van der Waals surface area (Å²) in [7, 11) is 0. The number of rotatable bonds is 14. The predicted octanol–water partition coefficient (Wildman–Crippen LogP) is 3.67. The standard InChI is InChI=1S/C16H36N2O.ClH/c1-5-9-17(10-6-2)13-15-19-16-14-18(11-7-3)12-8-4;/h5-16H2,1-4H3;1H. The third kappa shape index (κ3) is 13.2. The Balaban J connectivity index is 0. The fourth-order valence-electron chi connectivity index (χ4n) is 2.43. The Labute approximate surface area is 133 Å². The van der Waals surface area contributed by atoms with E-state index in [-0.39, 0.29) is 12.4 Å². The molecule has 0 aromatic carbocycles. The first-order valence-corrected chi connectivity index (χ1v) is 8.30. The molecule has 0 radical (unpaired) electrons. The molecule has 0 saturated carbocycles. The molecule has 0 fully saturated rings. The van der Waals surface area contributed by atoms with Crippen molar-refractivity contribution < 1.29 is 4.74 Å². The van der Waals surface area contributed by atoms with Gasteiger partial charge in [0.1, 0.15) is 0 Å². The molecule has 0 bridgehead atoms. The maximum Gasteiger partial charge on any atom is 0.0594 e. The van der Waals surface area contributed by atoms with Crippen LogP contribution in [0.3, 0.4) is 0 Å². The van der Waals surface area contributed by atoms with Crippen LogP contribution in [0.4, 0.5) is 0 Å². The van der Waals surface area contributed by atoms with Crippen LogP contribution < -0.4 is 0 Å². The molecule has 0 aliphatic heterocycles. The highest BCUT2D eigenvalue weighted by atomic mass is 35.5. The van der Waals surface area contributed by atoms with E-state index in [1.165, 1.54) is 51.9 Å². The van der Waals surface area contributed by atoms with E-state index in [9.17, 15) is 0 Å². The molecule has 3 nitrogen and oxygen atoms in total. The van der Waals surface area contributed by atoms with Crippen LogP contribution in [0.25, 0.3) is 0 Å². The third-order valence-corrected chi connectivity index (χ3v) is 3.26. The molecule has 0 saturated heterocycles. The highest BCUT2D eigenvalue weighted by Gasteiger charge is 2.04. The average Bonchev–Trinajstić information content (AvgIpc) is 2.39. The minimum Gasteiger partial charge on any atom is -0.379 e. The SMILES string of the molecule is CCCN(CCC)CCOCCN(CCC)CCC.Cl. The predicted molar refractivity (Wildman–Crippen MR) is 92.1 cm³/mol. The summed E-state index contributed by atoms with van der Waals surface area (Å²) < 4.78 is 5.80. The Morgan fingerprint density at radius 3 is 1.10 bits per heavy atom. The topological polar surface area (TPSA) is 15.7 Å². The summed E-state index contributed by atoms with van der Waals surface area (Å²) >= 11 is 0. The summed E-state index contributed by atoms with van der Waals surface area (Å²) in [6.45, 7) is 17.7. The van der Waals surface area contributed by atoms with Crippen molar-refractivity contribution in [2.24, 2.45) is 0 Å². The minimum absolute atomic E-state index is 0. The van der Waals surface area contributed by atoms with Gasteiger partial charge in [-0.2, -0.15) is 0 Å². The molecular formula is C16H37ClN2O. The molecule has 0 spiro atoms. The van der Waals surface area contributed by atoms with Gasteiger partial charge in [0, 0.05) is 13.1 Å². The van der Waals surface area contributed by atoms with Crippen LogP contribution in [0.1, 0.15) is 53.4 Å². The molecule has 0 aromatic rings. The van der Waals surface area contributed by atoms with E-state index in [0.717, 1.165) is 26.3 Å². The van der Waals surface area contributed by atoms with Crippen LogP contribution in [0.5, 0.6) is 0 Å². The second-order valence-electron chi connectivity index (χ2n) is 5.30. The van der Waals surface area contributed by atoms with Gasteiger partial charge in [-0.3, -0.25) is 0 Å². The van der Waals surface area contributed by atoms with Crippen molar-refractivity contribution in [3.63, 3.8) is 0 Å². The van der Waals surface area contributed by atoms with Crippen LogP contribution in [0.15, 0.2) is 0 Å². The van der Waals surface area contributed by atoms with Crippen LogP contribution in [0.2, 0.25) is 0 Å².